The molecule has 2 heterocycles. The highest BCUT2D eigenvalue weighted by atomic mass is 35.5. The third kappa shape index (κ3) is 5.25. The molecule has 0 spiro atoms. The number of ether oxygens (including phenoxy) is 1. The molecule has 1 aromatic carbocycles. The van der Waals surface area contributed by atoms with Gasteiger partial charge in [-0.15, -0.1) is 11.3 Å². The number of esters is 1. The van der Waals surface area contributed by atoms with Gasteiger partial charge in [0.15, 0.2) is 11.2 Å². The van der Waals surface area contributed by atoms with E-state index in [1.807, 2.05) is 0 Å². The lowest BCUT2D eigenvalue weighted by molar-refractivity contribution is -0.124. The fourth-order valence-electron chi connectivity index (χ4n) is 2.36. The van der Waals surface area contributed by atoms with E-state index in [1.165, 1.54) is 23.6 Å². The Labute approximate surface area is 185 Å². The predicted molar refractivity (Wildman–Crippen MR) is 115 cm³/mol. The molecule has 0 fully saturated rings. The van der Waals surface area contributed by atoms with Gasteiger partial charge >= 0.3 is 5.97 Å². The van der Waals surface area contributed by atoms with Crippen LogP contribution < -0.4 is 5.32 Å². The highest BCUT2D eigenvalue weighted by molar-refractivity contribution is 7.14. The molecule has 0 aliphatic heterocycles. The number of hydrogen-bond acceptors (Lipinski definition) is 6. The number of nitrogens with one attached hydrogen (secondary N) is 1. The molecule has 0 saturated carbocycles. The van der Waals surface area contributed by atoms with Crippen molar-refractivity contribution in [2.75, 3.05) is 5.32 Å². The highest BCUT2D eigenvalue weighted by Crippen LogP contribution is 2.30. The van der Waals surface area contributed by atoms with Crippen molar-refractivity contribution in [3.63, 3.8) is 0 Å². The molecule has 150 valence electrons. The van der Waals surface area contributed by atoms with E-state index in [2.05, 4.69) is 15.3 Å². The minimum absolute atomic E-state index is 0.0129. The van der Waals surface area contributed by atoms with Crippen molar-refractivity contribution in [2.45, 2.75) is 19.4 Å². The van der Waals surface area contributed by atoms with E-state index in [1.54, 1.807) is 36.6 Å². The number of carbonyl (C=O) groups is 2. The number of amides is 1. The smallest absolute Gasteiger partial charge is 0.342 e. The monoisotopic (exact) mass is 469 g/mol. The maximum absolute atomic E-state index is 12.5. The van der Waals surface area contributed by atoms with Crippen LogP contribution in [-0.2, 0) is 9.53 Å². The Balaban J connectivity index is 1.68. The minimum atomic E-state index is -1.00. The average molecular weight is 471 g/mol. The van der Waals surface area contributed by atoms with Crippen molar-refractivity contribution in [1.82, 2.24) is 9.97 Å². The Morgan fingerprint density at radius 2 is 2.00 bits per heavy atom. The lowest BCUT2D eigenvalue weighted by atomic mass is 10.2. The molecule has 0 saturated heterocycles. The highest BCUT2D eigenvalue weighted by Gasteiger charge is 2.24. The second kappa shape index (κ2) is 9.54. The lowest BCUT2D eigenvalue weighted by Crippen LogP contribution is -2.32. The number of nitrogens with zero attached hydrogens (tertiary/aromatic N) is 2. The minimum Gasteiger partial charge on any atom is -0.449 e. The molecule has 3 aromatic rings. The number of anilines is 1. The van der Waals surface area contributed by atoms with Crippen molar-refractivity contribution < 1.29 is 14.3 Å². The predicted octanol–water partition coefficient (Wildman–Crippen LogP) is 5.74. The number of benzene rings is 1. The van der Waals surface area contributed by atoms with Crippen LogP contribution in [0, 0.1) is 0 Å². The number of halogens is 3. The Kier molecular flexibility index (Phi) is 7.08. The van der Waals surface area contributed by atoms with Crippen molar-refractivity contribution in [3.8, 4) is 11.3 Å². The first-order chi connectivity index (χ1) is 13.9. The van der Waals surface area contributed by atoms with Crippen LogP contribution in [0.5, 0.6) is 0 Å². The van der Waals surface area contributed by atoms with Crippen LogP contribution in [0.2, 0.25) is 15.2 Å². The van der Waals surface area contributed by atoms with Crippen LogP contribution in [0.1, 0.15) is 23.7 Å². The third-order valence-electron chi connectivity index (χ3n) is 3.84. The van der Waals surface area contributed by atoms with Gasteiger partial charge in [-0.1, -0.05) is 47.8 Å². The quantitative estimate of drug-likeness (QED) is 0.367. The van der Waals surface area contributed by atoms with E-state index in [-0.39, 0.29) is 17.1 Å². The molecule has 0 aliphatic carbocycles. The van der Waals surface area contributed by atoms with Gasteiger partial charge in [-0.25, -0.2) is 14.8 Å². The van der Waals surface area contributed by atoms with Gasteiger partial charge < -0.3 is 4.74 Å². The van der Waals surface area contributed by atoms with E-state index < -0.39 is 18.0 Å². The van der Waals surface area contributed by atoms with Crippen LogP contribution in [0.4, 0.5) is 5.13 Å². The Hall–Kier alpha value is -2.19. The number of carbonyl (C=O) groups excluding carboxylic acids is 2. The van der Waals surface area contributed by atoms with E-state index >= 15 is 0 Å². The molecular formula is C19H14Cl3N3O3S. The normalized spacial score (nSPS) is 11.7. The van der Waals surface area contributed by atoms with E-state index in [9.17, 15) is 9.59 Å². The van der Waals surface area contributed by atoms with Gasteiger partial charge in [-0.3, -0.25) is 10.1 Å². The van der Waals surface area contributed by atoms with Gasteiger partial charge in [0.2, 0.25) is 0 Å². The standard InChI is InChI=1S/C19H14Cl3N3O3S/c1-2-15(28-18(27)11-4-3-7-23-16(11)22)17(26)25-19-24-14(9-29-19)10-5-6-12(20)13(21)8-10/h3-9,15H,2H2,1H3,(H,24,25,26). The first kappa shape index (κ1) is 21.5. The second-order valence-electron chi connectivity index (χ2n) is 5.80. The van der Waals surface area contributed by atoms with Gasteiger partial charge in [0.25, 0.3) is 5.91 Å². The molecule has 0 radical (unpaired) electrons. The molecule has 1 atom stereocenters. The second-order valence-corrected chi connectivity index (χ2v) is 7.83. The van der Waals surface area contributed by atoms with E-state index in [0.29, 0.717) is 20.9 Å². The van der Waals surface area contributed by atoms with Gasteiger partial charge in [-0.05, 0) is 30.7 Å². The van der Waals surface area contributed by atoms with Crippen LogP contribution >= 0.6 is 46.1 Å². The summed E-state index contributed by atoms with van der Waals surface area (Å²) in [5, 5.41) is 5.67. The molecule has 6 nitrogen and oxygen atoms in total. The zero-order chi connectivity index (χ0) is 21.0. The summed E-state index contributed by atoms with van der Waals surface area (Å²) in [5.41, 5.74) is 1.49. The molecule has 10 heteroatoms. The summed E-state index contributed by atoms with van der Waals surface area (Å²) in [6, 6.07) is 8.19. The molecule has 0 aliphatic rings. The van der Waals surface area contributed by atoms with Crippen LogP contribution in [-0.4, -0.2) is 27.9 Å². The van der Waals surface area contributed by atoms with Crippen LogP contribution in [0.3, 0.4) is 0 Å². The Morgan fingerprint density at radius 1 is 1.21 bits per heavy atom. The van der Waals surface area contributed by atoms with Gasteiger partial charge in [0, 0.05) is 17.1 Å². The fourth-order valence-corrected chi connectivity index (χ4v) is 3.58. The van der Waals surface area contributed by atoms with E-state index in [4.69, 9.17) is 39.5 Å². The number of pyridine rings is 1. The summed E-state index contributed by atoms with van der Waals surface area (Å²) in [6.45, 7) is 1.73. The lowest BCUT2D eigenvalue weighted by Gasteiger charge is -2.15. The first-order valence-corrected chi connectivity index (χ1v) is 10.4. The van der Waals surface area contributed by atoms with Crippen LogP contribution in [0.15, 0.2) is 41.9 Å². The molecule has 29 heavy (non-hydrogen) atoms. The average Bonchev–Trinajstić information content (AvgIpc) is 3.16. The zero-order valence-corrected chi connectivity index (χ0v) is 18.1. The summed E-state index contributed by atoms with van der Waals surface area (Å²) < 4.78 is 5.29. The fraction of sp³-hybridized carbons (Fsp3) is 0.158. The topological polar surface area (TPSA) is 81.2 Å². The number of hydrogen-bond donors (Lipinski definition) is 1. The van der Waals surface area contributed by atoms with E-state index in [0.717, 1.165) is 5.56 Å². The van der Waals surface area contributed by atoms with Gasteiger partial charge in [0.05, 0.1) is 21.3 Å². The Bertz CT molecular complexity index is 1060. The summed E-state index contributed by atoms with van der Waals surface area (Å²) >= 11 is 19.1. The summed E-state index contributed by atoms with van der Waals surface area (Å²) in [7, 11) is 0. The largest absolute Gasteiger partial charge is 0.449 e. The maximum Gasteiger partial charge on any atom is 0.342 e. The van der Waals surface area contributed by atoms with Gasteiger partial charge in [0.1, 0.15) is 5.15 Å². The molecular weight excluding hydrogens is 457 g/mol. The van der Waals surface area contributed by atoms with Crippen molar-refractivity contribution in [1.29, 1.82) is 0 Å². The number of thiazole rings is 1. The summed E-state index contributed by atoms with van der Waals surface area (Å²) in [5.74, 6) is -1.21. The maximum atomic E-state index is 12.5. The molecule has 1 amide bonds. The molecule has 1 unspecified atom stereocenters. The summed E-state index contributed by atoms with van der Waals surface area (Å²) in [6.07, 6.45) is 0.730. The SMILES string of the molecule is CCC(OC(=O)c1cccnc1Cl)C(=O)Nc1nc(-c2ccc(Cl)c(Cl)c2)cs1. The molecule has 1 N–H and O–H groups in total. The number of aromatic nitrogens is 2. The van der Waals surface area contributed by atoms with Crippen molar-refractivity contribution >= 4 is 63.1 Å². The first-order valence-electron chi connectivity index (χ1n) is 8.42. The van der Waals surface area contributed by atoms with Gasteiger partial charge in [-0.2, -0.15) is 0 Å². The zero-order valence-electron chi connectivity index (χ0n) is 15.0. The third-order valence-corrected chi connectivity index (χ3v) is 5.64. The number of rotatable bonds is 6. The van der Waals surface area contributed by atoms with Crippen molar-refractivity contribution in [2.24, 2.45) is 0 Å². The van der Waals surface area contributed by atoms with Crippen molar-refractivity contribution in [3.05, 3.63) is 62.7 Å². The molecule has 3 rings (SSSR count). The Morgan fingerprint density at radius 3 is 2.69 bits per heavy atom. The summed E-state index contributed by atoms with van der Waals surface area (Å²) in [4.78, 5) is 33.0. The van der Waals surface area contributed by atoms with Crippen LogP contribution in [0.25, 0.3) is 11.3 Å². The molecule has 0 bridgehead atoms. The molecule has 2 aromatic heterocycles.